The number of amides is 1. The Morgan fingerprint density at radius 3 is 2.60 bits per heavy atom. The Hall–Kier alpha value is -0.830. The molecule has 0 saturated heterocycles. The molecule has 1 atom stereocenters. The smallest absolute Gasteiger partial charge is 0.220 e. The van der Waals surface area contributed by atoms with Crippen LogP contribution in [0.1, 0.15) is 44.7 Å². The molecular formula is C17H26BrNO. The minimum atomic E-state index is 0.0900. The standard InChI is InChI=1S/C17H26BrNO/c1-13-6-5-7-14(12-13)8-9-16(20)19-15(10-11-18)17(2,3)4/h5-7,12,15H,8-11H2,1-4H3,(H,19,20). The highest BCUT2D eigenvalue weighted by atomic mass is 79.9. The van der Waals surface area contributed by atoms with Crippen molar-refractivity contribution in [1.29, 1.82) is 0 Å². The molecule has 1 aromatic rings. The van der Waals surface area contributed by atoms with Crippen molar-refractivity contribution in [1.82, 2.24) is 5.32 Å². The molecule has 0 aliphatic rings. The monoisotopic (exact) mass is 339 g/mol. The summed E-state index contributed by atoms with van der Waals surface area (Å²) >= 11 is 3.46. The van der Waals surface area contributed by atoms with Crippen molar-refractivity contribution in [2.45, 2.75) is 53.0 Å². The molecule has 3 heteroatoms. The van der Waals surface area contributed by atoms with Crippen molar-refractivity contribution in [2.24, 2.45) is 5.41 Å². The van der Waals surface area contributed by atoms with E-state index in [4.69, 9.17) is 0 Å². The van der Waals surface area contributed by atoms with Gasteiger partial charge in [-0.2, -0.15) is 0 Å². The second kappa shape index (κ2) is 7.82. The topological polar surface area (TPSA) is 29.1 Å². The summed E-state index contributed by atoms with van der Waals surface area (Å²) in [5.74, 6) is 0.146. The van der Waals surface area contributed by atoms with Crippen LogP contribution in [-0.4, -0.2) is 17.3 Å². The molecule has 20 heavy (non-hydrogen) atoms. The Balaban J connectivity index is 2.50. The number of rotatable bonds is 6. The van der Waals surface area contributed by atoms with E-state index in [1.165, 1.54) is 11.1 Å². The number of aryl methyl sites for hydroxylation is 2. The highest BCUT2D eigenvalue weighted by Gasteiger charge is 2.25. The predicted octanol–water partition coefficient (Wildman–Crippen LogP) is 4.24. The molecule has 0 fully saturated rings. The zero-order valence-electron chi connectivity index (χ0n) is 13.0. The highest BCUT2D eigenvalue weighted by Crippen LogP contribution is 2.22. The van der Waals surface area contributed by atoms with E-state index in [2.05, 4.69) is 67.1 Å². The number of carbonyl (C=O) groups is 1. The molecule has 1 rings (SSSR count). The van der Waals surface area contributed by atoms with Gasteiger partial charge in [-0.25, -0.2) is 0 Å². The lowest BCUT2D eigenvalue weighted by Crippen LogP contribution is -2.44. The molecular weight excluding hydrogens is 314 g/mol. The zero-order valence-corrected chi connectivity index (χ0v) is 14.6. The lowest BCUT2D eigenvalue weighted by Gasteiger charge is -2.31. The molecule has 2 nitrogen and oxygen atoms in total. The summed E-state index contributed by atoms with van der Waals surface area (Å²) in [4.78, 5) is 12.1. The molecule has 0 saturated carbocycles. The van der Waals surface area contributed by atoms with Crippen molar-refractivity contribution in [3.63, 3.8) is 0 Å². The van der Waals surface area contributed by atoms with E-state index in [9.17, 15) is 4.79 Å². The third-order valence-corrected chi connectivity index (χ3v) is 3.96. The maximum absolute atomic E-state index is 12.1. The fourth-order valence-corrected chi connectivity index (χ4v) is 2.68. The molecule has 0 aromatic heterocycles. The van der Waals surface area contributed by atoms with Gasteiger partial charge in [-0.3, -0.25) is 4.79 Å². The van der Waals surface area contributed by atoms with Crippen LogP contribution in [0.15, 0.2) is 24.3 Å². The average molecular weight is 340 g/mol. The number of hydrogen-bond acceptors (Lipinski definition) is 1. The first kappa shape index (κ1) is 17.2. The summed E-state index contributed by atoms with van der Waals surface area (Å²) in [7, 11) is 0. The third kappa shape index (κ3) is 6.08. The second-order valence-electron chi connectivity index (χ2n) is 6.45. The van der Waals surface area contributed by atoms with E-state index in [1.807, 2.05) is 6.07 Å². The molecule has 0 aliphatic heterocycles. The Morgan fingerprint density at radius 1 is 1.35 bits per heavy atom. The summed E-state index contributed by atoms with van der Waals surface area (Å²) < 4.78 is 0. The van der Waals surface area contributed by atoms with Crippen molar-refractivity contribution >= 4 is 21.8 Å². The van der Waals surface area contributed by atoms with Crippen LogP contribution in [-0.2, 0) is 11.2 Å². The first-order valence-electron chi connectivity index (χ1n) is 7.24. The van der Waals surface area contributed by atoms with E-state index >= 15 is 0 Å². The van der Waals surface area contributed by atoms with E-state index in [0.717, 1.165) is 18.2 Å². The van der Waals surface area contributed by atoms with Gasteiger partial charge in [0.2, 0.25) is 5.91 Å². The minimum absolute atomic E-state index is 0.0900. The summed E-state index contributed by atoms with van der Waals surface area (Å²) in [5, 5.41) is 4.08. The lowest BCUT2D eigenvalue weighted by molar-refractivity contribution is -0.122. The van der Waals surface area contributed by atoms with E-state index < -0.39 is 0 Å². The fourth-order valence-electron chi connectivity index (χ4n) is 2.22. The second-order valence-corrected chi connectivity index (χ2v) is 7.25. The van der Waals surface area contributed by atoms with Gasteiger partial charge in [0.1, 0.15) is 0 Å². The fraction of sp³-hybridized carbons (Fsp3) is 0.588. The number of hydrogen-bond donors (Lipinski definition) is 1. The van der Waals surface area contributed by atoms with Crippen LogP contribution in [0.25, 0.3) is 0 Å². The number of carbonyl (C=O) groups excluding carboxylic acids is 1. The molecule has 1 N–H and O–H groups in total. The van der Waals surface area contributed by atoms with E-state index in [1.54, 1.807) is 0 Å². The van der Waals surface area contributed by atoms with Crippen LogP contribution < -0.4 is 5.32 Å². The Kier molecular flexibility index (Phi) is 6.74. The van der Waals surface area contributed by atoms with Gasteiger partial charge in [0.25, 0.3) is 0 Å². The maximum atomic E-state index is 12.1. The van der Waals surface area contributed by atoms with Crippen LogP contribution >= 0.6 is 15.9 Å². The van der Waals surface area contributed by atoms with Gasteiger partial charge in [0, 0.05) is 17.8 Å². The molecule has 1 aromatic carbocycles. The van der Waals surface area contributed by atoms with Crippen molar-refractivity contribution < 1.29 is 4.79 Å². The largest absolute Gasteiger partial charge is 0.353 e. The predicted molar refractivity (Wildman–Crippen MR) is 89.3 cm³/mol. The van der Waals surface area contributed by atoms with E-state index in [-0.39, 0.29) is 17.4 Å². The maximum Gasteiger partial charge on any atom is 0.220 e. The summed E-state index contributed by atoms with van der Waals surface area (Å²) in [6.07, 6.45) is 2.32. The van der Waals surface area contributed by atoms with Gasteiger partial charge < -0.3 is 5.32 Å². The number of nitrogens with one attached hydrogen (secondary N) is 1. The van der Waals surface area contributed by atoms with Crippen LogP contribution in [0, 0.1) is 12.3 Å². The van der Waals surface area contributed by atoms with Gasteiger partial charge in [0.05, 0.1) is 0 Å². The molecule has 1 amide bonds. The quantitative estimate of drug-likeness (QED) is 0.771. The molecule has 0 radical (unpaired) electrons. The molecule has 0 bridgehead atoms. The Morgan fingerprint density at radius 2 is 2.05 bits per heavy atom. The molecule has 0 spiro atoms. The first-order valence-corrected chi connectivity index (χ1v) is 8.36. The molecule has 0 heterocycles. The zero-order chi connectivity index (χ0) is 15.2. The highest BCUT2D eigenvalue weighted by molar-refractivity contribution is 9.09. The molecule has 0 aliphatic carbocycles. The van der Waals surface area contributed by atoms with Crippen molar-refractivity contribution in [2.75, 3.05) is 5.33 Å². The van der Waals surface area contributed by atoms with Gasteiger partial charge in [0.15, 0.2) is 0 Å². The first-order chi connectivity index (χ1) is 9.32. The van der Waals surface area contributed by atoms with Crippen LogP contribution in [0.4, 0.5) is 0 Å². The van der Waals surface area contributed by atoms with Gasteiger partial charge in [-0.05, 0) is 30.7 Å². The summed E-state index contributed by atoms with van der Waals surface area (Å²) in [6.45, 7) is 8.58. The normalized spacial score (nSPS) is 13.1. The summed E-state index contributed by atoms with van der Waals surface area (Å²) in [6, 6.07) is 8.57. The number of benzene rings is 1. The van der Waals surface area contributed by atoms with Crippen LogP contribution in [0.5, 0.6) is 0 Å². The Labute approximate surface area is 131 Å². The van der Waals surface area contributed by atoms with Crippen LogP contribution in [0.3, 0.4) is 0 Å². The third-order valence-electron chi connectivity index (χ3n) is 3.50. The lowest BCUT2D eigenvalue weighted by atomic mass is 9.85. The van der Waals surface area contributed by atoms with Gasteiger partial charge >= 0.3 is 0 Å². The van der Waals surface area contributed by atoms with Crippen molar-refractivity contribution in [3.05, 3.63) is 35.4 Å². The molecule has 1 unspecified atom stereocenters. The number of halogens is 1. The van der Waals surface area contributed by atoms with Crippen molar-refractivity contribution in [3.8, 4) is 0 Å². The SMILES string of the molecule is Cc1cccc(CCC(=O)NC(CCBr)C(C)(C)C)c1. The van der Waals surface area contributed by atoms with E-state index in [0.29, 0.717) is 6.42 Å². The Bertz CT molecular complexity index is 437. The van der Waals surface area contributed by atoms with Gasteiger partial charge in [-0.1, -0.05) is 66.5 Å². The summed E-state index contributed by atoms with van der Waals surface area (Å²) in [5.41, 5.74) is 2.56. The molecule has 112 valence electrons. The van der Waals surface area contributed by atoms with Gasteiger partial charge in [-0.15, -0.1) is 0 Å². The van der Waals surface area contributed by atoms with Crippen LogP contribution in [0.2, 0.25) is 0 Å². The number of alkyl halides is 1. The average Bonchev–Trinajstić information content (AvgIpc) is 2.35. The minimum Gasteiger partial charge on any atom is -0.353 e.